The molecule has 1 aliphatic heterocycles. The van der Waals surface area contributed by atoms with Crippen LogP contribution in [-0.2, 0) is 11.3 Å². The van der Waals surface area contributed by atoms with Crippen LogP contribution in [-0.4, -0.2) is 46.9 Å². The van der Waals surface area contributed by atoms with Gasteiger partial charge in [0.1, 0.15) is 0 Å². The summed E-state index contributed by atoms with van der Waals surface area (Å²) in [7, 11) is 1.81. The molecule has 1 aliphatic carbocycles. The second kappa shape index (κ2) is 6.71. The Labute approximate surface area is 144 Å². The van der Waals surface area contributed by atoms with Gasteiger partial charge in [0.25, 0.3) is 5.91 Å². The summed E-state index contributed by atoms with van der Waals surface area (Å²) < 4.78 is 7.62. The molecule has 2 fully saturated rings. The van der Waals surface area contributed by atoms with E-state index in [1.54, 1.807) is 0 Å². The van der Waals surface area contributed by atoms with Crippen molar-refractivity contribution in [2.45, 2.75) is 58.6 Å². The molecular weight excluding hydrogens is 302 g/mol. The second-order valence-electron chi connectivity index (χ2n) is 7.33. The second-order valence-corrected chi connectivity index (χ2v) is 7.33. The number of hydrogen-bond donors (Lipinski definition) is 0. The topological polar surface area (TPSA) is 47.4 Å². The Morgan fingerprint density at radius 3 is 2.88 bits per heavy atom. The lowest BCUT2D eigenvalue weighted by Crippen LogP contribution is -2.50. The molecule has 2 aliphatic rings. The largest absolute Gasteiger partial charge is 0.381 e. The molecule has 0 aromatic carbocycles. The number of allylic oxidation sites excluding steroid dienone is 1. The maximum absolute atomic E-state index is 13.2. The van der Waals surface area contributed by atoms with Gasteiger partial charge in [0.2, 0.25) is 0 Å². The van der Waals surface area contributed by atoms with Crippen LogP contribution in [0.3, 0.4) is 0 Å². The average molecular weight is 331 g/mol. The first-order valence-corrected chi connectivity index (χ1v) is 8.99. The first-order valence-electron chi connectivity index (χ1n) is 8.99. The zero-order chi connectivity index (χ0) is 17.3. The van der Waals surface area contributed by atoms with E-state index < -0.39 is 0 Å². The van der Waals surface area contributed by atoms with E-state index >= 15 is 0 Å². The smallest absolute Gasteiger partial charge is 0.257 e. The molecule has 0 unspecified atom stereocenters. The van der Waals surface area contributed by atoms with Crippen molar-refractivity contribution in [3.05, 3.63) is 29.6 Å². The molecule has 2 heterocycles. The molecule has 1 spiro atoms. The highest BCUT2D eigenvalue weighted by molar-refractivity contribution is 5.96. The van der Waals surface area contributed by atoms with E-state index in [4.69, 9.17) is 4.74 Å². The predicted octanol–water partition coefficient (Wildman–Crippen LogP) is 3.11. The summed E-state index contributed by atoms with van der Waals surface area (Å²) in [6.45, 7) is 9.95. The molecule has 2 atom stereocenters. The molecule has 1 saturated heterocycles. The first-order chi connectivity index (χ1) is 11.5. The van der Waals surface area contributed by atoms with E-state index in [1.807, 2.05) is 36.6 Å². The number of amides is 1. The van der Waals surface area contributed by atoms with Gasteiger partial charge in [0, 0.05) is 31.3 Å². The number of aromatic nitrogens is 2. The normalized spacial score (nSPS) is 27.0. The molecule has 1 aromatic rings. The van der Waals surface area contributed by atoms with Gasteiger partial charge in [-0.3, -0.25) is 9.48 Å². The van der Waals surface area contributed by atoms with Crippen LogP contribution in [0.2, 0.25) is 0 Å². The van der Waals surface area contributed by atoms with Gasteiger partial charge in [-0.05, 0) is 39.5 Å². The minimum atomic E-state index is 0.126. The Balaban J connectivity index is 1.84. The summed E-state index contributed by atoms with van der Waals surface area (Å²) in [5.74, 6) is 0.126. The fourth-order valence-corrected chi connectivity index (χ4v) is 4.74. The van der Waals surface area contributed by atoms with Crippen molar-refractivity contribution in [2.24, 2.45) is 5.41 Å². The number of nitrogens with zero attached hydrogens (tertiary/aromatic N) is 3. The highest BCUT2D eigenvalue weighted by Gasteiger charge is 2.47. The summed E-state index contributed by atoms with van der Waals surface area (Å²) >= 11 is 0. The first kappa shape index (κ1) is 17.2. The molecular formula is C19H29N3O2. The van der Waals surface area contributed by atoms with Crippen LogP contribution in [0.15, 0.2) is 12.7 Å². The van der Waals surface area contributed by atoms with Gasteiger partial charge >= 0.3 is 0 Å². The van der Waals surface area contributed by atoms with E-state index in [1.165, 1.54) is 19.3 Å². The van der Waals surface area contributed by atoms with Crippen LogP contribution in [0.25, 0.3) is 0 Å². The number of likely N-dealkylation sites (tertiary alicyclic amines) is 1. The maximum atomic E-state index is 13.2. The summed E-state index contributed by atoms with van der Waals surface area (Å²) in [4.78, 5) is 15.2. The highest BCUT2D eigenvalue weighted by atomic mass is 16.5. The molecule has 1 amide bonds. The predicted molar refractivity (Wildman–Crippen MR) is 94.1 cm³/mol. The van der Waals surface area contributed by atoms with Crippen molar-refractivity contribution in [3.63, 3.8) is 0 Å². The fourth-order valence-electron chi connectivity index (χ4n) is 4.74. The van der Waals surface area contributed by atoms with Crippen molar-refractivity contribution in [1.29, 1.82) is 0 Å². The Morgan fingerprint density at radius 2 is 2.17 bits per heavy atom. The molecule has 3 rings (SSSR count). The van der Waals surface area contributed by atoms with E-state index in [-0.39, 0.29) is 11.3 Å². The van der Waals surface area contributed by atoms with E-state index in [0.717, 1.165) is 42.9 Å². The number of rotatable bonds is 4. The number of ether oxygens (including phenoxy) is 1. The molecule has 5 heteroatoms. The third kappa shape index (κ3) is 2.79. The third-order valence-electron chi connectivity index (χ3n) is 5.90. The number of carbonyl (C=O) groups is 1. The van der Waals surface area contributed by atoms with Crippen molar-refractivity contribution in [3.8, 4) is 0 Å². The van der Waals surface area contributed by atoms with Crippen LogP contribution in [0.1, 0.15) is 53.8 Å². The number of hydrogen-bond acceptors (Lipinski definition) is 3. The molecule has 5 nitrogen and oxygen atoms in total. The lowest BCUT2D eigenvalue weighted by molar-refractivity contribution is -0.0295. The van der Waals surface area contributed by atoms with Crippen LogP contribution in [0.5, 0.6) is 0 Å². The van der Waals surface area contributed by atoms with Gasteiger partial charge in [-0.2, -0.15) is 5.10 Å². The van der Waals surface area contributed by atoms with Crippen LogP contribution < -0.4 is 0 Å². The minimum Gasteiger partial charge on any atom is -0.381 e. The van der Waals surface area contributed by atoms with Crippen molar-refractivity contribution < 1.29 is 9.53 Å². The van der Waals surface area contributed by atoms with Gasteiger partial charge in [-0.15, -0.1) is 6.58 Å². The maximum Gasteiger partial charge on any atom is 0.257 e. The molecule has 0 radical (unpaired) electrons. The highest BCUT2D eigenvalue weighted by Crippen LogP contribution is 2.46. The van der Waals surface area contributed by atoms with E-state index in [2.05, 4.69) is 11.7 Å². The number of methoxy groups -OCH3 is 1. The van der Waals surface area contributed by atoms with Crippen molar-refractivity contribution in [1.82, 2.24) is 14.7 Å². The Morgan fingerprint density at radius 1 is 1.42 bits per heavy atom. The van der Waals surface area contributed by atoms with Crippen molar-refractivity contribution in [2.75, 3.05) is 20.2 Å². The van der Waals surface area contributed by atoms with Gasteiger partial charge in [0.15, 0.2) is 0 Å². The quantitative estimate of drug-likeness (QED) is 0.797. The lowest BCUT2D eigenvalue weighted by atomic mass is 9.76. The third-order valence-corrected chi connectivity index (χ3v) is 5.90. The van der Waals surface area contributed by atoms with Crippen molar-refractivity contribution >= 4 is 5.91 Å². The summed E-state index contributed by atoms with van der Waals surface area (Å²) in [6, 6.07) is 0. The lowest BCUT2D eigenvalue weighted by Gasteiger charge is -2.43. The van der Waals surface area contributed by atoms with Gasteiger partial charge in [-0.1, -0.05) is 12.5 Å². The van der Waals surface area contributed by atoms with E-state index in [0.29, 0.717) is 12.6 Å². The average Bonchev–Trinajstić information content (AvgIpc) is 3.08. The van der Waals surface area contributed by atoms with Crippen LogP contribution in [0, 0.1) is 19.3 Å². The Bertz CT molecular complexity index is 637. The summed E-state index contributed by atoms with van der Waals surface area (Å²) in [6.07, 6.45) is 7.82. The fraction of sp³-hybridized carbons (Fsp3) is 0.684. The SMILES string of the molecule is C=CCn1nc(C)c(C(=O)N2CCC[C@@]3(CCC[C@H]3OC)C2)c1C. The monoisotopic (exact) mass is 331 g/mol. The standard InChI is InChI=1S/C19H29N3O2/c1-5-11-22-15(3)17(14(2)20-22)18(23)21-12-7-10-19(13-21)9-6-8-16(19)24-4/h5,16H,1,6-13H2,2-4H3/t16-,19+/m1/s1. The Kier molecular flexibility index (Phi) is 4.81. The molecule has 24 heavy (non-hydrogen) atoms. The van der Waals surface area contributed by atoms with Gasteiger partial charge in [-0.25, -0.2) is 0 Å². The van der Waals surface area contributed by atoms with Crippen LogP contribution in [0.4, 0.5) is 0 Å². The number of piperidine rings is 1. The number of aryl methyl sites for hydroxylation is 1. The molecule has 132 valence electrons. The zero-order valence-electron chi connectivity index (χ0n) is 15.2. The minimum absolute atomic E-state index is 0.126. The molecule has 1 saturated carbocycles. The summed E-state index contributed by atoms with van der Waals surface area (Å²) in [5, 5.41) is 4.51. The molecule has 1 aromatic heterocycles. The van der Waals surface area contributed by atoms with Crippen LogP contribution >= 0.6 is 0 Å². The molecule has 0 N–H and O–H groups in total. The van der Waals surface area contributed by atoms with E-state index in [9.17, 15) is 4.79 Å². The Hall–Kier alpha value is -1.62. The van der Waals surface area contributed by atoms with Gasteiger partial charge < -0.3 is 9.64 Å². The zero-order valence-corrected chi connectivity index (χ0v) is 15.2. The molecule has 0 bridgehead atoms. The summed E-state index contributed by atoms with van der Waals surface area (Å²) in [5.41, 5.74) is 2.67. The number of carbonyl (C=O) groups excluding carboxylic acids is 1. The van der Waals surface area contributed by atoms with Gasteiger partial charge in [0.05, 0.1) is 23.9 Å².